The number of aromatic amines is 1. The number of carbonyl (C=O) groups excluding carboxylic acids is 1. The molecule has 0 spiro atoms. The number of methoxy groups -OCH3 is 1. The standard InChI is InChI=1S/C11H10FN3O2/c1-17-11(16)6-2-3-7(8(12)4-6)9-5-10(13)15-14-9/h2-5H,1H3,(H3,13,14,15). The summed E-state index contributed by atoms with van der Waals surface area (Å²) in [4.78, 5) is 11.2. The van der Waals surface area contributed by atoms with Gasteiger partial charge < -0.3 is 10.5 Å². The molecular formula is C11H10FN3O2. The number of nitrogen functional groups attached to an aromatic ring is 1. The molecule has 6 heteroatoms. The van der Waals surface area contributed by atoms with Gasteiger partial charge in [0.25, 0.3) is 0 Å². The minimum absolute atomic E-state index is 0.154. The number of benzene rings is 1. The number of nitrogens with one attached hydrogen (secondary N) is 1. The monoisotopic (exact) mass is 235 g/mol. The highest BCUT2D eigenvalue weighted by molar-refractivity contribution is 5.90. The van der Waals surface area contributed by atoms with Gasteiger partial charge in [0, 0.05) is 11.6 Å². The van der Waals surface area contributed by atoms with Crippen LogP contribution in [0.4, 0.5) is 10.2 Å². The number of halogens is 1. The Morgan fingerprint density at radius 1 is 1.47 bits per heavy atom. The van der Waals surface area contributed by atoms with E-state index in [9.17, 15) is 9.18 Å². The smallest absolute Gasteiger partial charge is 0.337 e. The van der Waals surface area contributed by atoms with Crippen LogP contribution in [0.5, 0.6) is 0 Å². The largest absolute Gasteiger partial charge is 0.465 e. The lowest BCUT2D eigenvalue weighted by molar-refractivity contribution is 0.0600. The third-order valence-electron chi connectivity index (χ3n) is 2.28. The van der Waals surface area contributed by atoms with E-state index < -0.39 is 11.8 Å². The van der Waals surface area contributed by atoms with E-state index in [4.69, 9.17) is 5.73 Å². The molecule has 2 aromatic rings. The Morgan fingerprint density at radius 2 is 2.24 bits per heavy atom. The Balaban J connectivity index is 2.41. The topological polar surface area (TPSA) is 81.0 Å². The zero-order valence-corrected chi connectivity index (χ0v) is 9.03. The lowest BCUT2D eigenvalue weighted by atomic mass is 10.1. The van der Waals surface area contributed by atoms with Crippen LogP contribution in [0.2, 0.25) is 0 Å². The van der Waals surface area contributed by atoms with Crippen molar-refractivity contribution < 1.29 is 13.9 Å². The number of hydrogen-bond acceptors (Lipinski definition) is 4. The normalized spacial score (nSPS) is 10.2. The van der Waals surface area contributed by atoms with E-state index in [1.807, 2.05) is 0 Å². The van der Waals surface area contributed by atoms with Crippen LogP contribution in [-0.2, 0) is 4.74 Å². The van der Waals surface area contributed by atoms with Gasteiger partial charge in [0.15, 0.2) is 0 Å². The van der Waals surface area contributed by atoms with Gasteiger partial charge >= 0.3 is 5.97 Å². The molecule has 0 amide bonds. The summed E-state index contributed by atoms with van der Waals surface area (Å²) in [5.41, 5.74) is 6.33. The predicted molar refractivity (Wildman–Crippen MR) is 59.7 cm³/mol. The maximum atomic E-state index is 13.7. The van der Waals surface area contributed by atoms with E-state index in [2.05, 4.69) is 14.9 Å². The fraction of sp³-hybridized carbons (Fsp3) is 0.0909. The van der Waals surface area contributed by atoms with Crippen LogP contribution in [0.3, 0.4) is 0 Å². The van der Waals surface area contributed by atoms with Gasteiger partial charge in [0.2, 0.25) is 0 Å². The van der Waals surface area contributed by atoms with Gasteiger partial charge in [-0.25, -0.2) is 9.18 Å². The Kier molecular flexibility index (Phi) is 2.78. The summed E-state index contributed by atoms with van der Waals surface area (Å²) in [6.07, 6.45) is 0. The summed E-state index contributed by atoms with van der Waals surface area (Å²) in [5, 5.41) is 6.30. The quantitative estimate of drug-likeness (QED) is 0.774. The van der Waals surface area contributed by atoms with Crippen molar-refractivity contribution in [3.8, 4) is 11.3 Å². The van der Waals surface area contributed by atoms with Crippen LogP contribution in [0, 0.1) is 5.82 Å². The van der Waals surface area contributed by atoms with Crippen LogP contribution in [0.1, 0.15) is 10.4 Å². The molecular weight excluding hydrogens is 225 g/mol. The maximum Gasteiger partial charge on any atom is 0.337 e. The molecule has 0 bridgehead atoms. The molecule has 0 saturated carbocycles. The van der Waals surface area contributed by atoms with Gasteiger partial charge in [-0.15, -0.1) is 0 Å². The van der Waals surface area contributed by atoms with E-state index >= 15 is 0 Å². The third kappa shape index (κ3) is 2.10. The van der Waals surface area contributed by atoms with Crippen molar-refractivity contribution in [2.24, 2.45) is 0 Å². The predicted octanol–water partition coefficient (Wildman–Crippen LogP) is 1.58. The summed E-state index contributed by atoms with van der Waals surface area (Å²) in [5.74, 6) is -0.854. The van der Waals surface area contributed by atoms with Crippen molar-refractivity contribution in [1.82, 2.24) is 10.2 Å². The van der Waals surface area contributed by atoms with Crippen molar-refractivity contribution in [3.05, 3.63) is 35.6 Å². The van der Waals surface area contributed by atoms with Gasteiger partial charge in [0.05, 0.1) is 18.4 Å². The molecule has 0 aliphatic heterocycles. The SMILES string of the molecule is COC(=O)c1ccc(-c2cc(N)n[nH]2)c(F)c1. The number of esters is 1. The fourth-order valence-corrected chi connectivity index (χ4v) is 1.45. The highest BCUT2D eigenvalue weighted by Gasteiger charge is 2.12. The number of nitrogens with two attached hydrogens (primary N) is 1. The number of hydrogen-bond donors (Lipinski definition) is 2. The van der Waals surface area contributed by atoms with Crippen LogP contribution >= 0.6 is 0 Å². The summed E-state index contributed by atoms with van der Waals surface area (Å²) >= 11 is 0. The second-order valence-electron chi connectivity index (χ2n) is 3.39. The molecule has 1 heterocycles. The molecule has 0 aliphatic rings. The van der Waals surface area contributed by atoms with Crippen molar-refractivity contribution in [3.63, 3.8) is 0 Å². The molecule has 0 atom stereocenters. The van der Waals surface area contributed by atoms with Crippen molar-refractivity contribution >= 4 is 11.8 Å². The Labute approximate surface area is 96.4 Å². The number of anilines is 1. The van der Waals surface area contributed by atoms with E-state index in [1.54, 1.807) is 0 Å². The minimum Gasteiger partial charge on any atom is -0.465 e. The Hall–Kier alpha value is -2.37. The van der Waals surface area contributed by atoms with Crippen LogP contribution in [-0.4, -0.2) is 23.3 Å². The Bertz CT molecular complexity index is 566. The van der Waals surface area contributed by atoms with Gasteiger partial charge in [-0.2, -0.15) is 5.10 Å². The average molecular weight is 235 g/mol. The molecule has 1 aromatic heterocycles. The number of ether oxygens (including phenoxy) is 1. The van der Waals surface area contributed by atoms with Crippen LogP contribution in [0.25, 0.3) is 11.3 Å². The Morgan fingerprint density at radius 3 is 2.76 bits per heavy atom. The number of carbonyl (C=O) groups is 1. The van der Waals surface area contributed by atoms with Crippen LogP contribution < -0.4 is 5.73 Å². The first-order chi connectivity index (χ1) is 8.11. The highest BCUT2D eigenvalue weighted by Crippen LogP contribution is 2.23. The summed E-state index contributed by atoms with van der Waals surface area (Å²) < 4.78 is 18.2. The molecule has 0 fully saturated rings. The molecule has 0 radical (unpaired) electrons. The summed E-state index contributed by atoms with van der Waals surface area (Å²) in [7, 11) is 1.24. The first-order valence-electron chi connectivity index (χ1n) is 4.81. The molecule has 17 heavy (non-hydrogen) atoms. The zero-order chi connectivity index (χ0) is 12.4. The third-order valence-corrected chi connectivity index (χ3v) is 2.28. The average Bonchev–Trinajstić information content (AvgIpc) is 2.74. The van der Waals surface area contributed by atoms with Gasteiger partial charge in [-0.1, -0.05) is 0 Å². The number of H-pyrrole nitrogens is 1. The van der Waals surface area contributed by atoms with Crippen molar-refractivity contribution in [2.45, 2.75) is 0 Å². The molecule has 3 N–H and O–H groups in total. The lowest BCUT2D eigenvalue weighted by Gasteiger charge is -2.03. The van der Waals surface area contributed by atoms with E-state index in [1.165, 1.54) is 25.3 Å². The van der Waals surface area contributed by atoms with Gasteiger partial charge in [0.1, 0.15) is 11.6 Å². The number of nitrogens with zero attached hydrogens (tertiary/aromatic N) is 1. The van der Waals surface area contributed by atoms with E-state index in [0.29, 0.717) is 11.3 Å². The number of aromatic nitrogens is 2. The molecule has 0 saturated heterocycles. The number of rotatable bonds is 2. The van der Waals surface area contributed by atoms with Gasteiger partial charge in [-0.3, -0.25) is 5.10 Å². The summed E-state index contributed by atoms with van der Waals surface area (Å²) in [6.45, 7) is 0. The second kappa shape index (κ2) is 4.25. The molecule has 0 aliphatic carbocycles. The van der Waals surface area contributed by atoms with Crippen LogP contribution in [0.15, 0.2) is 24.3 Å². The highest BCUT2D eigenvalue weighted by atomic mass is 19.1. The molecule has 5 nitrogen and oxygen atoms in total. The first-order valence-corrected chi connectivity index (χ1v) is 4.81. The molecule has 88 valence electrons. The van der Waals surface area contributed by atoms with Gasteiger partial charge in [-0.05, 0) is 18.2 Å². The zero-order valence-electron chi connectivity index (χ0n) is 9.03. The maximum absolute atomic E-state index is 13.7. The molecule has 0 unspecified atom stereocenters. The lowest BCUT2D eigenvalue weighted by Crippen LogP contribution is -2.02. The second-order valence-corrected chi connectivity index (χ2v) is 3.39. The summed E-state index contributed by atoms with van der Waals surface area (Å²) in [6, 6.07) is 5.56. The van der Waals surface area contributed by atoms with E-state index in [-0.39, 0.29) is 11.4 Å². The fourth-order valence-electron chi connectivity index (χ4n) is 1.45. The minimum atomic E-state index is -0.584. The molecule has 1 aromatic carbocycles. The van der Waals surface area contributed by atoms with E-state index in [0.717, 1.165) is 6.07 Å². The van der Waals surface area contributed by atoms with Crippen molar-refractivity contribution in [1.29, 1.82) is 0 Å². The van der Waals surface area contributed by atoms with Crippen molar-refractivity contribution in [2.75, 3.05) is 12.8 Å². The first kappa shape index (κ1) is 11.1. The molecule has 2 rings (SSSR count).